The van der Waals surface area contributed by atoms with Gasteiger partial charge in [0.15, 0.2) is 0 Å². The maximum atomic E-state index is 12.7. The molecule has 0 unspecified atom stereocenters. The fourth-order valence-electron chi connectivity index (χ4n) is 3.97. The van der Waals surface area contributed by atoms with Crippen molar-refractivity contribution in [1.29, 1.82) is 0 Å². The fourth-order valence-corrected chi connectivity index (χ4v) is 4.84. The summed E-state index contributed by atoms with van der Waals surface area (Å²) in [5.74, 6) is -0.704. The van der Waals surface area contributed by atoms with Crippen LogP contribution in [0, 0.1) is 11.8 Å². The van der Waals surface area contributed by atoms with E-state index in [1.165, 1.54) is 4.31 Å². The number of sulfonamides is 1. The number of amides is 4. The molecule has 3 rings (SSSR count). The van der Waals surface area contributed by atoms with Gasteiger partial charge in [0.1, 0.15) is 5.54 Å². The van der Waals surface area contributed by atoms with Crippen LogP contribution in [0.4, 0.5) is 4.79 Å². The van der Waals surface area contributed by atoms with Crippen LogP contribution in [0.15, 0.2) is 0 Å². The molecule has 2 saturated heterocycles. The number of hydrogen-bond acceptors (Lipinski definition) is 5. The zero-order chi connectivity index (χ0) is 19.1. The second kappa shape index (κ2) is 6.80. The molecule has 0 aromatic heterocycles. The van der Waals surface area contributed by atoms with Gasteiger partial charge < -0.3 is 5.32 Å². The lowest BCUT2D eigenvalue weighted by Gasteiger charge is -2.33. The highest BCUT2D eigenvalue weighted by atomic mass is 32.2. The van der Waals surface area contributed by atoms with Gasteiger partial charge in [-0.1, -0.05) is 6.92 Å². The van der Waals surface area contributed by atoms with Gasteiger partial charge in [-0.3, -0.25) is 15.0 Å². The third-order valence-corrected chi connectivity index (χ3v) is 7.11. The van der Waals surface area contributed by atoms with Crippen molar-refractivity contribution in [3.8, 4) is 0 Å². The van der Waals surface area contributed by atoms with Gasteiger partial charge in [0.05, 0.1) is 6.26 Å². The first-order chi connectivity index (χ1) is 12.1. The lowest BCUT2D eigenvalue weighted by atomic mass is 9.77. The molecular weight excluding hydrogens is 360 g/mol. The smallest absolute Gasteiger partial charge is 0.322 e. The Morgan fingerprint density at radius 1 is 1.15 bits per heavy atom. The van der Waals surface area contributed by atoms with Gasteiger partial charge in [0, 0.05) is 19.0 Å². The van der Waals surface area contributed by atoms with E-state index < -0.39 is 39.3 Å². The van der Waals surface area contributed by atoms with Crippen LogP contribution >= 0.6 is 0 Å². The van der Waals surface area contributed by atoms with E-state index in [9.17, 15) is 22.8 Å². The summed E-state index contributed by atoms with van der Waals surface area (Å²) < 4.78 is 24.4. The first-order valence-corrected chi connectivity index (χ1v) is 10.9. The van der Waals surface area contributed by atoms with E-state index in [0.717, 1.165) is 24.1 Å². The lowest BCUT2D eigenvalue weighted by Crippen LogP contribution is -2.53. The number of piperidine rings is 1. The van der Waals surface area contributed by atoms with Crippen LogP contribution in [0.3, 0.4) is 0 Å². The van der Waals surface area contributed by atoms with Crippen molar-refractivity contribution >= 4 is 27.9 Å². The average Bonchev–Trinajstić information content (AvgIpc) is 2.81. The zero-order valence-electron chi connectivity index (χ0n) is 15.2. The van der Waals surface area contributed by atoms with Crippen LogP contribution < -0.4 is 10.7 Å². The maximum Gasteiger partial charge on any atom is 0.344 e. The molecule has 1 saturated carbocycles. The van der Waals surface area contributed by atoms with Crippen molar-refractivity contribution in [1.82, 2.24) is 20.1 Å². The molecule has 0 aromatic rings. The molecule has 1 spiro atoms. The Bertz CT molecular complexity index is 706. The molecule has 10 heteroatoms. The Labute approximate surface area is 153 Å². The van der Waals surface area contributed by atoms with E-state index in [-0.39, 0.29) is 13.1 Å². The molecule has 0 aromatic carbocycles. The number of carbonyl (C=O) groups is 3. The van der Waals surface area contributed by atoms with E-state index >= 15 is 0 Å². The number of hydrazine groups is 1. The normalized spacial score (nSPS) is 31.3. The van der Waals surface area contributed by atoms with Gasteiger partial charge in [-0.25, -0.2) is 17.5 Å². The van der Waals surface area contributed by atoms with E-state index in [4.69, 9.17) is 0 Å². The number of rotatable bonds is 3. The fraction of sp³-hybridized carbons (Fsp3) is 0.812. The highest BCUT2D eigenvalue weighted by Gasteiger charge is 2.53. The molecule has 0 atom stereocenters. The monoisotopic (exact) mass is 386 g/mol. The predicted molar refractivity (Wildman–Crippen MR) is 93.0 cm³/mol. The van der Waals surface area contributed by atoms with Crippen LogP contribution in [0.1, 0.15) is 45.4 Å². The molecule has 2 N–H and O–H groups in total. The van der Waals surface area contributed by atoms with Crippen molar-refractivity contribution in [3.05, 3.63) is 0 Å². The minimum Gasteiger partial charge on any atom is -0.322 e. The van der Waals surface area contributed by atoms with Crippen molar-refractivity contribution in [2.24, 2.45) is 11.8 Å². The highest BCUT2D eigenvalue weighted by Crippen LogP contribution is 2.35. The van der Waals surface area contributed by atoms with Crippen LogP contribution in [0.5, 0.6) is 0 Å². The van der Waals surface area contributed by atoms with Crippen LogP contribution in [0.25, 0.3) is 0 Å². The molecule has 3 aliphatic rings. The van der Waals surface area contributed by atoms with Gasteiger partial charge in [-0.15, -0.1) is 0 Å². The Hall–Kier alpha value is -1.68. The Kier molecular flexibility index (Phi) is 5.00. The maximum absolute atomic E-state index is 12.7. The van der Waals surface area contributed by atoms with Crippen molar-refractivity contribution in [2.45, 2.75) is 51.0 Å². The largest absolute Gasteiger partial charge is 0.344 e. The number of carbonyl (C=O) groups excluding carboxylic acids is 3. The summed E-state index contributed by atoms with van der Waals surface area (Å²) in [4.78, 5) is 37.4. The van der Waals surface area contributed by atoms with Gasteiger partial charge in [0.25, 0.3) is 5.91 Å². The third kappa shape index (κ3) is 3.57. The number of urea groups is 1. The third-order valence-electron chi connectivity index (χ3n) is 5.81. The lowest BCUT2D eigenvalue weighted by molar-refractivity contribution is -0.142. The molecule has 26 heavy (non-hydrogen) atoms. The average molecular weight is 386 g/mol. The van der Waals surface area contributed by atoms with Crippen LogP contribution in [0.2, 0.25) is 0 Å². The molecule has 9 nitrogen and oxygen atoms in total. The summed E-state index contributed by atoms with van der Waals surface area (Å²) in [7, 11) is -3.27. The molecule has 1 aliphatic carbocycles. The molecular formula is C16H26N4O5S. The molecule has 4 amide bonds. The van der Waals surface area contributed by atoms with Crippen LogP contribution in [-0.4, -0.2) is 60.5 Å². The Morgan fingerprint density at radius 2 is 1.73 bits per heavy atom. The topological polar surface area (TPSA) is 116 Å². The second-order valence-electron chi connectivity index (χ2n) is 7.75. The number of hydrogen-bond donors (Lipinski definition) is 2. The van der Waals surface area contributed by atoms with Gasteiger partial charge in [0.2, 0.25) is 15.9 Å². The first-order valence-electron chi connectivity index (χ1n) is 9.05. The molecule has 2 aliphatic heterocycles. The number of imide groups is 1. The number of nitrogens with one attached hydrogen (secondary N) is 2. The van der Waals surface area contributed by atoms with E-state index in [2.05, 4.69) is 17.7 Å². The Morgan fingerprint density at radius 3 is 2.27 bits per heavy atom. The second-order valence-corrected chi connectivity index (χ2v) is 9.73. The molecule has 0 radical (unpaired) electrons. The van der Waals surface area contributed by atoms with E-state index in [1.54, 1.807) is 0 Å². The minimum atomic E-state index is -3.27. The van der Waals surface area contributed by atoms with Gasteiger partial charge >= 0.3 is 6.03 Å². The zero-order valence-corrected chi connectivity index (χ0v) is 16.0. The summed E-state index contributed by atoms with van der Waals surface area (Å²) in [5, 5.41) is 3.57. The minimum absolute atomic E-state index is 0.263. The summed E-state index contributed by atoms with van der Waals surface area (Å²) in [6, 6.07) is -0.591. The van der Waals surface area contributed by atoms with Crippen LogP contribution in [-0.2, 0) is 19.6 Å². The van der Waals surface area contributed by atoms with Gasteiger partial charge in [-0.05, 0) is 44.4 Å². The molecule has 2 heterocycles. The summed E-state index contributed by atoms with van der Waals surface area (Å²) in [6.07, 6.45) is 4.76. The van der Waals surface area contributed by atoms with E-state index in [1.807, 2.05) is 0 Å². The molecule has 146 valence electrons. The quantitative estimate of drug-likeness (QED) is 0.672. The standard InChI is InChI=1S/C16H26N4O5S/c1-11-3-7-16(8-4-11)14(22)20(15(23)17-16)18-13(21)12-5-9-19(10-6-12)26(2,24)25/h11-12H,3-10H2,1-2H3,(H,17,23)(H,18,21). The SMILES string of the molecule is CC1CCC2(CC1)NC(=O)N(NC(=O)C1CCN(S(C)(=O)=O)CC1)C2=O. The van der Waals surface area contributed by atoms with Crippen molar-refractivity contribution in [3.63, 3.8) is 0 Å². The highest BCUT2D eigenvalue weighted by molar-refractivity contribution is 7.88. The van der Waals surface area contributed by atoms with E-state index in [0.29, 0.717) is 31.6 Å². The molecule has 3 fully saturated rings. The predicted octanol–water partition coefficient (Wildman–Crippen LogP) is 0.190. The summed E-state index contributed by atoms with van der Waals surface area (Å²) in [5.41, 5.74) is 1.56. The summed E-state index contributed by atoms with van der Waals surface area (Å²) >= 11 is 0. The van der Waals surface area contributed by atoms with Crippen molar-refractivity contribution in [2.75, 3.05) is 19.3 Å². The first kappa shape index (κ1) is 19.1. The molecule has 0 bridgehead atoms. The van der Waals surface area contributed by atoms with Crippen molar-refractivity contribution < 1.29 is 22.8 Å². The Balaban J connectivity index is 1.60. The summed E-state index contributed by atoms with van der Waals surface area (Å²) in [6.45, 7) is 2.65. The van der Waals surface area contributed by atoms with Gasteiger partial charge in [-0.2, -0.15) is 5.01 Å². The number of nitrogens with zero attached hydrogens (tertiary/aromatic N) is 2.